The minimum absolute atomic E-state index is 0.190. The Hall–Kier alpha value is -3.92. The second kappa shape index (κ2) is 12.4. The van der Waals surface area contributed by atoms with Crippen LogP contribution in [0, 0.1) is 0 Å². The van der Waals surface area contributed by atoms with Crippen LogP contribution in [0.15, 0.2) is 53.5 Å². The van der Waals surface area contributed by atoms with E-state index in [0.717, 1.165) is 33.6 Å². The molecule has 0 spiro atoms. The molecule has 2 aromatic heterocycles. The maximum atomic E-state index is 13.0. The van der Waals surface area contributed by atoms with Crippen molar-refractivity contribution in [2.45, 2.75) is 53.0 Å². The van der Waals surface area contributed by atoms with Gasteiger partial charge >= 0.3 is 5.97 Å². The molecule has 192 valence electrons. The predicted molar refractivity (Wildman–Crippen MR) is 142 cm³/mol. The summed E-state index contributed by atoms with van der Waals surface area (Å²) in [5.74, 6) is -0.0549. The van der Waals surface area contributed by atoms with Gasteiger partial charge in [-0.3, -0.25) is 4.79 Å². The van der Waals surface area contributed by atoms with Crippen molar-refractivity contribution in [1.29, 1.82) is 0 Å². The number of aromatic nitrogens is 5. The summed E-state index contributed by atoms with van der Waals surface area (Å²) in [6.07, 6.45) is 2.66. The molecule has 0 fully saturated rings. The van der Waals surface area contributed by atoms with E-state index in [-0.39, 0.29) is 12.5 Å². The second-order valence-electron chi connectivity index (χ2n) is 8.45. The molecule has 0 unspecified atom stereocenters. The Bertz CT molecular complexity index is 1420. The Morgan fingerprint density at radius 1 is 1.03 bits per heavy atom. The summed E-state index contributed by atoms with van der Waals surface area (Å²) in [6.45, 7) is 6.45. The molecular formula is C27H30N6O3S. The highest BCUT2D eigenvalue weighted by atomic mass is 32.1. The van der Waals surface area contributed by atoms with Crippen LogP contribution < -0.4 is 4.80 Å². The zero-order valence-corrected chi connectivity index (χ0v) is 22.0. The van der Waals surface area contributed by atoms with Gasteiger partial charge in [0.05, 0.1) is 13.2 Å². The largest absolute Gasteiger partial charge is 0.461 e. The van der Waals surface area contributed by atoms with Crippen LogP contribution >= 0.6 is 11.3 Å². The van der Waals surface area contributed by atoms with Crippen molar-refractivity contribution in [2.24, 2.45) is 4.99 Å². The highest BCUT2D eigenvalue weighted by Crippen LogP contribution is 2.30. The SMILES string of the molecule is CCCC(=O)N=c1sc(CCC)c(C(=O)OCC)n1Cc1ccc(-c2ccccc2-c2nn[nH]n2)cc1. The van der Waals surface area contributed by atoms with E-state index in [0.29, 0.717) is 42.1 Å². The summed E-state index contributed by atoms with van der Waals surface area (Å²) in [4.78, 5) is 31.2. The van der Waals surface area contributed by atoms with Gasteiger partial charge < -0.3 is 9.30 Å². The zero-order valence-electron chi connectivity index (χ0n) is 21.2. The quantitative estimate of drug-likeness (QED) is 0.302. The molecule has 2 heterocycles. The van der Waals surface area contributed by atoms with Crippen molar-refractivity contribution < 1.29 is 14.3 Å². The summed E-state index contributed by atoms with van der Waals surface area (Å²) < 4.78 is 7.21. The van der Waals surface area contributed by atoms with Gasteiger partial charge in [-0.2, -0.15) is 10.2 Å². The van der Waals surface area contributed by atoms with Gasteiger partial charge in [0.15, 0.2) is 4.80 Å². The minimum atomic E-state index is -0.391. The Morgan fingerprint density at radius 3 is 2.43 bits per heavy atom. The number of ether oxygens (including phenoxy) is 1. The molecule has 0 saturated heterocycles. The first-order chi connectivity index (χ1) is 18.0. The standard InChI is InChI=1S/C27H30N6O3S/c1-4-9-22-24(26(35)36-6-3)33(27(37-22)28-23(34)10-5-2)17-18-13-15-19(16-14-18)20-11-7-8-12-21(20)25-29-31-32-30-25/h7-8,11-16H,4-6,9-10,17H2,1-3H3,(H,29,30,31,32). The summed E-state index contributed by atoms with van der Waals surface area (Å²) in [5, 5.41) is 14.4. The molecule has 1 amide bonds. The fraction of sp³-hybridized carbons (Fsp3) is 0.333. The lowest BCUT2D eigenvalue weighted by atomic mass is 9.98. The van der Waals surface area contributed by atoms with Gasteiger partial charge in [-0.1, -0.05) is 68.8 Å². The lowest BCUT2D eigenvalue weighted by Crippen LogP contribution is -2.23. The van der Waals surface area contributed by atoms with E-state index < -0.39 is 5.97 Å². The molecular weight excluding hydrogens is 488 g/mol. The molecule has 0 atom stereocenters. The van der Waals surface area contributed by atoms with Gasteiger partial charge in [0, 0.05) is 16.9 Å². The molecule has 0 radical (unpaired) electrons. The Labute approximate surface area is 219 Å². The number of benzene rings is 2. The minimum Gasteiger partial charge on any atom is -0.461 e. The highest BCUT2D eigenvalue weighted by Gasteiger charge is 2.22. The Kier molecular flexibility index (Phi) is 8.73. The molecule has 1 N–H and O–H groups in total. The zero-order chi connectivity index (χ0) is 26.2. The van der Waals surface area contributed by atoms with Crippen LogP contribution in [0.2, 0.25) is 0 Å². The summed E-state index contributed by atoms with van der Waals surface area (Å²) in [6, 6.07) is 16.0. The number of nitrogens with zero attached hydrogens (tertiary/aromatic N) is 5. The number of nitrogens with one attached hydrogen (secondary N) is 1. The average molecular weight is 519 g/mol. The first-order valence-corrected chi connectivity index (χ1v) is 13.3. The first kappa shape index (κ1) is 26.2. The molecule has 0 saturated carbocycles. The van der Waals surface area contributed by atoms with Crippen molar-refractivity contribution in [3.05, 3.63) is 69.5 Å². The van der Waals surface area contributed by atoms with Crippen LogP contribution in [0.5, 0.6) is 0 Å². The fourth-order valence-corrected chi connectivity index (χ4v) is 5.29. The maximum Gasteiger partial charge on any atom is 0.356 e. The summed E-state index contributed by atoms with van der Waals surface area (Å²) in [7, 11) is 0. The van der Waals surface area contributed by atoms with E-state index in [1.165, 1.54) is 11.3 Å². The van der Waals surface area contributed by atoms with Gasteiger partial charge in [0.25, 0.3) is 0 Å². The topological polar surface area (TPSA) is 115 Å². The third kappa shape index (κ3) is 6.08. The molecule has 9 nitrogen and oxygen atoms in total. The van der Waals surface area contributed by atoms with Gasteiger partial charge in [-0.25, -0.2) is 4.79 Å². The number of aryl methyl sites for hydroxylation is 1. The molecule has 4 rings (SSSR count). The van der Waals surface area contributed by atoms with Crippen LogP contribution in [-0.4, -0.2) is 43.7 Å². The lowest BCUT2D eigenvalue weighted by molar-refractivity contribution is -0.118. The molecule has 0 aliphatic rings. The number of tetrazole rings is 1. The highest BCUT2D eigenvalue weighted by molar-refractivity contribution is 7.09. The van der Waals surface area contributed by atoms with Gasteiger partial charge in [0.1, 0.15) is 5.69 Å². The number of esters is 1. The number of H-pyrrole nitrogens is 1. The van der Waals surface area contributed by atoms with Crippen molar-refractivity contribution >= 4 is 23.2 Å². The molecule has 10 heteroatoms. The van der Waals surface area contributed by atoms with Crippen molar-refractivity contribution in [3.63, 3.8) is 0 Å². The Morgan fingerprint density at radius 2 is 1.78 bits per heavy atom. The normalized spacial score (nSPS) is 11.6. The van der Waals surface area contributed by atoms with Crippen molar-refractivity contribution in [3.8, 4) is 22.5 Å². The number of hydrogen-bond acceptors (Lipinski definition) is 7. The fourth-order valence-electron chi connectivity index (χ4n) is 4.06. The van der Waals surface area contributed by atoms with Crippen LogP contribution in [0.4, 0.5) is 0 Å². The summed E-state index contributed by atoms with van der Waals surface area (Å²) in [5.41, 5.74) is 4.30. The van der Waals surface area contributed by atoms with Crippen LogP contribution in [-0.2, 0) is 22.5 Å². The lowest BCUT2D eigenvalue weighted by Gasteiger charge is -2.11. The van der Waals surface area contributed by atoms with E-state index in [9.17, 15) is 9.59 Å². The number of aromatic amines is 1. The third-order valence-electron chi connectivity index (χ3n) is 5.73. The van der Waals surface area contributed by atoms with Crippen LogP contribution in [0.1, 0.15) is 61.0 Å². The molecule has 4 aromatic rings. The monoisotopic (exact) mass is 518 g/mol. The van der Waals surface area contributed by atoms with E-state index >= 15 is 0 Å². The number of carbonyl (C=O) groups excluding carboxylic acids is 2. The average Bonchev–Trinajstić information content (AvgIpc) is 3.54. The summed E-state index contributed by atoms with van der Waals surface area (Å²) >= 11 is 1.39. The maximum absolute atomic E-state index is 13.0. The molecule has 0 aliphatic carbocycles. The molecule has 2 aromatic carbocycles. The van der Waals surface area contributed by atoms with Gasteiger partial charge in [-0.05, 0) is 41.7 Å². The van der Waals surface area contributed by atoms with Crippen molar-refractivity contribution in [1.82, 2.24) is 25.2 Å². The van der Waals surface area contributed by atoms with E-state index in [1.54, 1.807) is 6.92 Å². The van der Waals surface area contributed by atoms with E-state index in [2.05, 4.69) is 32.5 Å². The number of carbonyl (C=O) groups is 2. The smallest absolute Gasteiger partial charge is 0.356 e. The van der Waals surface area contributed by atoms with Crippen LogP contribution in [0.3, 0.4) is 0 Å². The molecule has 0 aliphatic heterocycles. The third-order valence-corrected chi connectivity index (χ3v) is 6.87. The van der Waals surface area contributed by atoms with E-state index in [1.807, 2.05) is 60.0 Å². The number of hydrogen-bond donors (Lipinski definition) is 1. The second-order valence-corrected chi connectivity index (χ2v) is 9.51. The number of thiazole rings is 1. The molecule has 0 bridgehead atoms. The van der Waals surface area contributed by atoms with Crippen LogP contribution in [0.25, 0.3) is 22.5 Å². The van der Waals surface area contributed by atoms with Gasteiger partial charge in [-0.15, -0.1) is 21.5 Å². The van der Waals surface area contributed by atoms with Crippen molar-refractivity contribution in [2.75, 3.05) is 6.61 Å². The first-order valence-electron chi connectivity index (χ1n) is 12.4. The van der Waals surface area contributed by atoms with Gasteiger partial charge in [0.2, 0.25) is 11.7 Å². The predicted octanol–water partition coefficient (Wildman–Crippen LogP) is 4.80. The Balaban J connectivity index is 1.73. The number of rotatable bonds is 10. The number of amides is 1. The molecule has 37 heavy (non-hydrogen) atoms. The van der Waals surface area contributed by atoms with E-state index in [4.69, 9.17) is 4.74 Å².